The maximum atomic E-state index is 12.4. The summed E-state index contributed by atoms with van der Waals surface area (Å²) in [5, 5.41) is 14.6. The Kier molecular flexibility index (Phi) is 6.83. The van der Waals surface area contributed by atoms with Crippen LogP contribution in [0.4, 0.5) is 0 Å². The fourth-order valence-corrected chi connectivity index (χ4v) is 3.01. The molecule has 1 aromatic heterocycles. The van der Waals surface area contributed by atoms with E-state index in [4.69, 9.17) is 9.15 Å². The first-order valence-corrected chi connectivity index (χ1v) is 9.43. The van der Waals surface area contributed by atoms with Gasteiger partial charge in [0.25, 0.3) is 5.91 Å². The van der Waals surface area contributed by atoms with Gasteiger partial charge >= 0.3 is 5.63 Å². The van der Waals surface area contributed by atoms with Crippen molar-refractivity contribution in [1.29, 1.82) is 0 Å². The molecule has 0 saturated heterocycles. The van der Waals surface area contributed by atoms with Crippen molar-refractivity contribution in [1.82, 2.24) is 5.32 Å². The highest BCUT2D eigenvalue weighted by Crippen LogP contribution is 2.29. The molecule has 0 spiro atoms. The van der Waals surface area contributed by atoms with Crippen LogP contribution in [0, 0.1) is 12.8 Å². The van der Waals surface area contributed by atoms with Gasteiger partial charge in [0.05, 0.1) is 12.0 Å². The zero-order valence-electron chi connectivity index (χ0n) is 16.8. The number of rotatable bonds is 8. The maximum Gasteiger partial charge on any atom is 0.336 e. The average molecular weight is 388 g/mol. The predicted octanol–water partition coefficient (Wildman–Crippen LogP) is 1.71. The fourth-order valence-electron chi connectivity index (χ4n) is 3.01. The molecule has 0 aliphatic heterocycles. The summed E-state index contributed by atoms with van der Waals surface area (Å²) in [6.45, 7) is 8.79. The average Bonchev–Trinajstić information content (AvgIpc) is 2.66. The Hall–Kier alpha value is -2.83. The smallest absolute Gasteiger partial charge is 0.336 e. The normalized spacial score (nSPS) is 14.3. The summed E-state index contributed by atoms with van der Waals surface area (Å²) >= 11 is 0. The van der Waals surface area contributed by atoms with Crippen molar-refractivity contribution < 1.29 is 23.8 Å². The molecule has 0 aliphatic rings. The number of hydrogen-bond donors (Lipinski definition) is 1. The number of ether oxygens (including phenoxy) is 1. The van der Waals surface area contributed by atoms with Gasteiger partial charge in [0.2, 0.25) is 0 Å². The second-order valence-corrected chi connectivity index (χ2v) is 6.96. The first-order valence-electron chi connectivity index (χ1n) is 9.43. The summed E-state index contributed by atoms with van der Waals surface area (Å²) in [7, 11) is 0. The molecule has 0 unspecified atom stereocenters. The highest BCUT2D eigenvalue weighted by Gasteiger charge is 2.24. The van der Waals surface area contributed by atoms with E-state index in [0.717, 1.165) is 10.9 Å². The lowest BCUT2D eigenvalue weighted by atomic mass is 9.99. The van der Waals surface area contributed by atoms with Gasteiger partial charge in [-0.15, -0.1) is 0 Å². The number of carbonyl (C=O) groups excluding carboxylic acids is 2. The van der Waals surface area contributed by atoms with Crippen molar-refractivity contribution in [3.8, 4) is 5.75 Å². The lowest BCUT2D eigenvalue weighted by molar-refractivity contribution is -0.309. The van der Waals surface area contributed by atoms with Crippen molar-refractivity contribution in [3.63, 3.8) is 0 Å². The number of aliphatic carboxylic acids is 1. The van der Waals surface area contributed by atoms with E-state index in [1.807, 2.05) is 13.8 Å². The minimum absolute atomic E-state index is 0.273. The van der Waals surface area contributed by atoms with E-state index in [9.17, 15) is 19.5 Å². The Balaban J connectivity index is 2.26. The standard InChI is InChI=1S/C21H27NO6/c1-6-11(3)18(21(25)26)22-20(24)13(5)27-16-9-8-15-14(7-2)10-17(23)28-19(15)12(16)4/h8-11,13,18H,6-7H2,1-5H3,(H,22,24)(H,25,26)/p-1/t11-,13+,18-/m0/s1. The third kappa shape index (κ3) is 4.52. The number of carboxylic acids is 1. The van der Waals surface area contributed by atoms with Gasteiger partial charge in [-0.1, -0.05) is 27.2 Å². The highest BCUT2D eigenvalue weighted by atomic mass is 16.5. The molecule has 0 aliphatic carbocycles. The van der Waals surface area contributed by atoms with Gasteiger partial charge in [0.15, 0.2) is 6.10 Å². The van der Waals surface area contributed by atoms with Crippen LogP contribution in [0.1, 0.15) is 45.2 Å². The first kappa shape index (κ1) is 21.5. The summed E-state index contributed by atoms with van der Waals surface area (Å²) in [5.74, 6) is -1.77. The van der Waals surface area contributed by atoms with Crippen molar-refractivity contribution in [3.05, 3.63) is 39.7 Å². The molecule has 1 N–H and O–H groups in total. The Labute approximate surface area is 163 Å². The number of fused-ring (bicyclic) bond motifs is 1. The molecule has 1 amide bonds. The van der Waals surface area contributed by atoms with E-state index >= 15 is 0 Å². The quantitative estimate of drug-likeness (QED) is 0.690. The number of nitrogens with one attached hydrogen (secondary N) is 1. The third-order valence-corrected chi connectivity index (χ3v) is 5.02. The van der Waals surface area contributed by atoms with Crippen LogP contribution < -0.4 is 20.8 Å². The van der Waals surface area contributed by atoms with Crippen LogP contribution >= 0.6 is 0 Å². The van der Waals surface area contributed by atoms with Gasteiger partial charge in [-0.05, 0) is 43.9 Å². The van der Waals surface area contributed by atoms with Gasteiger partial charge < -0.3 is 24.4 Å². The second-order valence-electron chi connectivity index (χ2n) is 6.96. The molecule has 2 aromatic rings. The molecular formula is C21H26NO6-. The summed E-state index contributed by atoms with van der Waals surface area (Å²) in [5.41, 5.74) is 1.45. The summed E-state index contributed by atoms with van der Waals surface area (Å²) in [4.78, 5) is 35.5. The molecule has 3 atom stereocenters. The van der Waals surface area contributed by atoms with Gasteiger partial charge in [0, 0.05) is 17.0 Å². The number of amides is 1. The van der Waals surface area contributed by atoms with Crippen molar-refractivity contribution in [2.45, 2.75) is 59.6 Å². The van der Waals surface area contributed by atoms with E-state index in [1.54, 1.807) is 26.0 Å². The lowest BCUT2D eigenvalue weighted by Crippen LogP contribution is -2.54. The van der Waals surface area contributed by atoms with Crippen LogP contribution in [0.2, 0.25) is 0 Å². The number of benzene rings is 1. The topological polar surface area (TPSA) is 109 Å². The van der Waals surface area contributed by atoms with Crippen LogP contribution in [0.25, 0.3) is 11.0 Å². The molecule has 152 valence electrons. The van der Waals surface area contributed by atoms with Gasteiger partial charge in [-0.2, -0.15) is 0 Å². The molecule has 1 heterocycles. The van der Waals surface area contributed by atoms with Crippen LogP contribution in [-0.2, 0) is 16.0 Å². The largest absolute Gasteiger partial charge is 0.548 e. The number of carbonyl (C=O) groups is 2. The van der Waals surface area contributed by atoms with Gasteiger partial charge in [-0.25, -0.2) is 4.79 Å². The monoisotopic (exact) mass is 388 g/mol. The van der Waals surface area contributed by atoms with E-state index in [-0.39, 0.29) is 5.92 Å². The third-order valence-electron chi connectivity index (χ3n) is 5.02. The van der Waals surface area contributed by atoms with E-state index in [0.29, 0.717) is 29.7 Å². The van der Waals surface area contributed by atoms with E-state index < -0.39 is 29.6 Å². The van der Waals surface area contributed by atoms with Crippen LogP contribution in [0.3, 0.4) is 0 Å². The molecule has 28 heavy (non-hydrogen) atoms. The Morgan fingerprint density at radius 1 is 1.25 bits per heavy atom. The zero-order valence-corrected chi connectivity index (χ0v) is 16.8. The summed E-state index contributed by atoms with van der Waals surface area (Å²) in [6.07, 6.45) is 0.320. The minimum Gasteiger partial charge on any atom is -0.548 e. The predicted molar refractivity (Wildman–Crippen MR) is 103 cm³/mol. The zero-order chi connectivity index (χ0) is 21.0. The molecule has 2 rings (SSSR count). The minimum atomic E-state index is -1.33. The van der Waals surface area contributed by atoms with Crippen LogP contribution in [0.15, 0.2) is 27.4 Å². The molecule has 0 radical (unpaired) electrons. The van der Waals surface area contributed by atoms with E-state index in [1.165, 1.54) is 13.0 Å². The van der Waals surface area contributed by atoms with Crippen molar-refractivity contribution in [2.75, 3.05) is 0 Å². The lowest BCUT2D eigenvalue weighted by Gasteiger charge is -2.27. The molecule has 7 heteroatoms. The molecule has 1 aromatic carbocycles. The van der Waals surface area contributed by atoms with E-state index in [2.05, 4.69) is 5.32 Å². The van der Waals surface area contributed by atoms with Crippen LogP contribution in [0.5, 0.6) is 5.75 Å². The first-order chi connectivity index (χ1) is 13.2. The van der Waals surface area contributed by atoms with Crippen LogP contribution in [-0.4, -0.2) is 24.0 Å². The molecular weight excluding hydrogens is 362 g/mol. The molecule has 7 nitrogen and oxygen atoms in total. The van der Waals surface area contributed by atoms with Crippen molar-refractivity contribution >= 4 is 22.8 Å². The maximum absolute atomic E-state index is 12.4. The molecule has 0 saturated carbocycles. The Bertz CT molecular complexity index is 932. The Morgan fingerprint density at radius 3 is 2.50 bits per heavy atom. The Morgan fingerprint density at radius 2 is 1.93 bits per heavy atom. The number of carboxylic acid groups (broad SMARTS) is 1. The molecule has 0 bridgehead atoms. The number of hydrogen-bond acceptors (Lipinski definition) is 6. The summed E-state index contributed by atoms with van der Waals surface area (Å²) in [6, 6.07) is 3.87. The fraction of sp³-hybridized carbons (Fsp3) is 0.476. The summed E-state index contributed by atoms with van der Waals surface area (Å²) < 4.78 is 11.1. The molecule has 0 fully saturated rings. The SMILES string of the molecule is CCc1cc(=O)oc2c(C)c(O[C@H](C)C(=O)N[C@H](C(=O)[O-])[C@@H](C)CC)ccc12. The number of aryl methyl sites for hydroxylation is 2. The second kappa shape index (κ2) is 8.91. The van der Waals surface area contributed by atoms with Gasteiger partial charge in [0.1, 0.15) is 11.3 Å². The van der Waals surface area contributed by atoms with Crippen molar-refractivity contribution in [2.24, 2.45) is 5.92 Å². The highest BCUT2D eigenvalue weighted by molar-refractivity contribution is 5.87. The van der Waals surface area contributed by atoms with Gasteiger partial charge in [-0.3, -0.25) is 4.79 Å².